The summed E-state index contributed by atoms with van der Waals surface area (Å²) in [5, 5.41) is 10.8. The van der Waals surface area contributed by atoms with Crippen molar-refractivity contribution in [3.05, 3.63) is 46.5 Å². The van der Waals surface area contributed by atoms with E-state index in [1.165, 1.54) is 25.4 Å². The van der Waals surface area contributed by atoms with Crippen molar-refractivity contribution < 1.29 is 9.72 Å². The number of hydrogen-bond acceptors (Lipinski definition) is 5. The molecule has 0 aliphatic heterocycles. The van der Waals surface area contributed by atoms with Crippen LogP contribution in [0.25, 0.3) is 5.69 Å². The molecule has 0 amide bonds. The standard InChI is InChI=1S/C11H10N4O3/c1-7(16)8-4-11(15(17)18)9(12)5-10(8)14-3-2-13-6-14/h2-6H,12H2,1H3. The largest absolute Gasteiger partial charge is 0.393 e. The molecule has 2 aromatic rings. The third kappa shape index (κ3) is 1.93. The van der Waals surface area contributed by atoms with Crippen molar-refractivity contribution in [2.45, 2.75) is 6.92 Å². The molecule has 18 heavy (non-hydrogen) atoms. The van der Waals surface area contributed by atoms with Crippen LogP contribution in [0.1, 0.15) is 17.3 Å². The van der Waals surface area contributed by atoms with Crippen molar-refractivity contribution in [1.29, 1.82) is 0 Å². The van der Waals surface area contributed by atoms with Gasteiger partial charge in [-0.1, -0.05) is 0 Å². The van der Waals surface area contributed by atoms with Gasteiger partial charge in [0.2, 0.25) is 0 Å². The van der Waals surface area contributed by atoms with Crippen LogP contribution in [0.15, 0.2) is 30.9 Å². The third-order valence-corrected chi connectivity index (χ3v) is 2.50. The highest BCUT2D eigenvalue weighted by molar-refractivity contribution is 5.99. The number of nitro groups is 1. The van der Waals surface area contributed by atoms with E-state index in [0.29, 0.717) is 5.69 Å². The molecule has 0 saturated carbocycles. The van der Waals surface area contributed by atoms with E-state index in [2.05, 4.69) is 4.98 Å². The van der Waals surface area contributed by atoms with E-state index in [1.54, 1.807) is 17.0 Å². The number of Topliss-reactive ketones (excluding diaryl/α,β-unsaturated/α-hetero) is 1. The minimum Gasteiger partial charge on any atom is -0.393 e. The van der Waals surface area contributed by atoms with Gasteiger partial charge >= 0.3 is 0 Å². The van der Waals surface area contributed by atoms with E-state index < -0.39 is 4.92 Å². The molecule has 92 valence electrons. The van der Waals surface area contributed by atoms with Crippen molar-refractivity contribution in [2.24, 2.45) is 0 Å². The highest BCUT2D eigenvalue weighted by Crippen LogP contribution is 2.28. The van der Waals surface area contributed by atoms with Crippen molar-refractivity contribution in [2.75, 3.05) is 5.73 Å². The van der Waals surface area contributed by atoms with Crippen LogP contribution in [-0.4, -0.2) is 20.3 Å². The summed E-state index contributed by atoms with van der Waals surface area (Å²) in [6.07, 6.45) is 4.67. The van der Waals surface area contributed by atoms with Gasteiger partial charge in [0.05, 0.1) is 16.9 Å². The fourth-order valence-corrected chi connectivity index (χ4v) is 1.65. The maximum absolute atomic E-state index is 11.6. The molecule has 2 N–H and O–H groups in total. The van der Waals surface area contributed by atoms with E-state index in [-0.39, 0.29) is 22.7 Å². The van der Waals surface area contributed by atoms with Gasteiger partial charge in [-0.2, -0.15) is 0 Å². The summed E-state index contributed by atoms with van der Waals surface area (Å²) in [6, 6.07) is 2.59. The van der Waals surface area contributed by atoms with Crippen LogP contribution >= 0.6 is 0 Å². The first-order valence-corrected chi connectivity index (χ1v) is 5.08. The molecule has 0 atom stereocenters. The topological polar surface area (TPSA) is 104 Å². The number of benzene rings is 1. The molecule has 0 unspecified atom stereocenters. The summed E-state index contributed by atoms with van der Waals surface area (Å²) in [6.45, 7) is 1.34. The molecular weight excluding hydrogens is 236 g/mol. The molecule has 0 fully saturated rings. The lowest BCUT2D eigenvalue weighted by Gasteiger charge is -2.09. The molecule has 1 aromatic heterocycles. The number of nitro benzene ring substituents is 1. The van der Waals surface area contributed by atoms with Gasteiger partial charge in [0, 0.05) is 24.0 Å². The minimum absolute atomic E-state index is 0.00806. The molecule has 1 heterocycles. The molecule has 0 bridgehead atoms. The zero-order valence-corrected chi connectivity index (χ0v) is 9.53. The number of imidazole rings is 1. The minimum atomic E-state index is -0.612. The first-order valence-electron chi connectivity index (χ1n) is 5.08. The highest BCUT2D eigenvalue weighted by atomic mass is 16.6. The lowest BCUT2D eigenvalue weighted by Crippen LogP contribution is -2.06. The van der Waals surface area contributed by atoms with E-state index in [0.717, 1.165) is 0 Å². The molecule has 0 aliphatic carbocycles. The zero-order valence-electron chi connectivity index (χ0n) is 9.53. The fourth-order valence-electron chi connectivity index (χ4n) is 1.65. The van der Waals surface area contributed by atoms with Gasteiger partial charge in [-0.05, 0) is 13.0 Å². The Kier molecular flexibility index (Phi) is 2.80. The number of aromatic nitrogens is 2. The Balaban J connectivity index is 2.70. The number of nitrogens with two attached hydrogens (primary N) is 1. The molecular formula is C11H10N4O3. The predicted molar refractivity (Wildman–Crippen MR) is 64.6 cm³/mol. The molecule has 0 radical (unpaired) electrons. The van der Waals surface area contributed by atoms with Gasteiger partial charge in [-0.15, -0.1) is 0 Å². The van der Waals surface area contributed by atoms with E-state index in [1.807, 2.05) is 0 Å². The average molecular weight is 246 g/mol. The monoisotopic (exact) mass is 246 g/mol. The Labute approximate surface area is 102 Å². The van der Waals surface area contributed by atoms with Crippen molar-refractivity contribution >= 4 is 17.2 Å². The summed E-state index contributed by atoms with van der Waals surface area (Å²) in [4.78, 5) is 25.6. The second-order valence-electron chi connectivity index (χ2n) is 3.71. The number of nitrogens with zero attached hydrogens (tertiary/aromatic N) is 3. The first kappa shape index (κ1) is 11.8. The van der Waals surface area contributed by atoms with E-state index >= 15 is 0 Å². The maximum atomic E-state index is 11.6. The van der Waals surface area contributed by atoms with Crippen molar-refractivity contribution in [1.82, 2.24) is 9.55 Å². The van der Waals surface area contributed by atoms with Crippen LogP contribution in [0.4, 0.5) is 11.4 Å². The Morgan fingerprint density at radius 1 is 1.50 bits per heavy atom. The number of nitrogen functional groups attached to an aromatic ring is 1. The molecule has 1 aromatic carbocycles. The second kappa shape index (κ2) is 4.28. The fraction of sp³-hybridized carbons (Fsp3) is 0.0909. The number of carbonyl (C=O) groups is 1. The molecule has 0 spiro atoms. The Bertz CT molecular complexity index is 619. The first-order chi connectivity index (χ1) is 8.50. The van der Waals surface area contributed by atoms with Crippen LogP contribution in [0.2, 0.25) is 0 Å². The van der Waals surface area contributed by atoms with E-state index in [4.69, 9.17) is 5.73 Å². The maximum Gasteiger partial charge on any atom is 0.292 e. The van der Waals surface area contributed by atoms with Gasteiger partial charge in [0.1, 0.15) is 5.69 Å². The van der Waals surface area contributed by atoms with Gasteiger partial charge in [0.25, 0.3) is 5.69 Å². The van der Waals surface area contributed by atoms with Crippen LogP contribution in [-0.2, 0) is 0 Å². The number of ketones is 1. The quantitative estimate of drug-likeness (QED) is 0.383. The summed E-state index contributed by atoms with van der Waals surface area (Å²) in [5.74, 6) is -0.276. The van der Waals surface area contributed by atoms with Crippen LogP contribution < -0.4 is 5.73 Å². The SMILES string of the molecule is CC(=O)c1cc([N+](=O)[O-])c(N)cc1-n1ccnc1. The Morgan fingerprint density at radius 3 is 2.72 bits per heavy atom. The summed E-state index contributed by atoms with van der Waals surface area (Å²) in [5.41, 5.74) is 6.05. The van der Waals surface area contributed by atoms with Crippen LogP contribution in [0.3, 0.4) is 0 Å². The number of hydrogen-bond donors (Lipinski definition) is 1. The Hall–Kier alpha value is -2.70. The second-order valence-corrected chi connectivity index (χ2v) is 3.71. The van der Waals surface area contributed by atoms with Crippen LogP contribution in [0.5, 0.6) is 0 Å². The molecule has 0 saturated heterocycles. The van der Waals surface area contributed by atoms with Crippen molar-refractivity contribution in [3.8, 4) is 5.69 Å². The lowest BCUT2D eigenvalue weighted by atomic mass is 10.1. The average Bonchev–Trinajstić information content (AvgIpc) is 2.80. The van der Waals surface area contributed by atoms with Crippen molar-refractivity contribution in [3.63, 3.8) is 0 Å². The summed E-state index contributed by atoms with van der Waals surface area (Å²) < 4.78 is 1.58. The third-order valence-electron chi connectivity index (χ3n) is 2.50. The molecule has 7 heteroatoms. The summed E-state index contributed by atoms with van der Waals surface area (Å²) >= 11 is 0. The Morgan fingerprint density at radius 2 is 2.22 bits per heavy atom. The lowest BCUT2D eigenvalue weighted by molar-refractivity contribution is -0.383. The van der Waals surface area contributed by atoms with Gasteiger partial charge in [-0.25, -0.2) is 4.98 Å². The zero-order chi connectivity index (χ0) is 13.3. The van der Waals surface area contributed by atoms with Gasteiger partial charge in [0.15, 0.2) is 5.78 Å². The molecule has 0 aliphatic rings. The summed E-state index contributed by atoms with van der Waals surface area (Å²) in [7, 11) is 0. The van der Waals surface area contributed by atoms with Gasteiger partial charge < -0.3 is 10.3 Å². The highest BCUT2D eigenvalue weighted by Gasteiger charge is 2.19. The predicted octanol–water partition coefficient (Wildman–Crippen LogP) is 1.57. The number of rotatable bonds is 3. The normalized spacial score (nSPS) is 10.3. The number of carbonyl (C=O) groups excluding carboxylic acids is 1. The molecule has 7 nitrogen and oxygen atoms in total. The molecule has 2 rings (SSSR count). The smallest absolute Gasteiger partial charge is 0.292 e. The van der Waals surface area contributed by atoms with Gasteiger partial charge in [-0.3, -0.25) is 14.9 Å². The van der Waals surface area contributed by atoms with E-state index in [9.17, 15) is 14.9 Å². The van der Waals surface area contributed by atoms with Crippen LogP contribution in [0, 0.1) is 10.1 Å². The number of anilines is 1.